The highest BCUT2D eigenvalue weighted by atomic mass is 16.5. The number of fused-ring (bicyclic) bond motifs is 1. The third kappa shape index (κ3) is 6.23. The number of nitrogens with one attached hydrogen (secondary N) is 1. The van der Waals surface area contributed by atoms with Gasteiger partial charge in [-0.1, -0.05) is 25.1 Å². The molecule has 0 saturated heterocycles. The van der Waals surface area contributed by atoms with Gasteiger partial charge in [0.05, 0.1) is 24.4 Å². The van der Waals surface area contributed by atoms with Crippen LogP contribution in [0.3, 0.4) is 0 Å². The Hall–Kier alpha value is -4.00. The van der Waals surface area contributed by atoms with Crippen molar-refractivity contribution in [2.45, 2.75) is 59.4 Å². The van der Waals surface area contributed by atoms with Crippen LogP contribution in [0, 0.1) is 6.92 Å². The lowest BCUT2D eigenvalue weighted by atomic mass is 9.94. The van der Waals surface area contributed by atoms with Gasteiger partial charge in [0.1, 0.15) is 0 Å². The summed E-state index contributed by atoms with van der Waals surface area (Å²) in [5, 5.41) is 8.07. The molecule has 0 radical (unpaired) electrons. The van der Waals surface area contributed by atoms with Gasteiger partial charge in [-0.3, -0.25) is 14.6 Å². The van der Waals surface area contributed by atoms with Gasteiger partial charge >= 0.3 is 5.97 Å². The number of rotatable bonds is 11. The molecule has 0 saturated carbocycles. The van der Waals surface area contributed by atoms with E-state index in [2.05, 4.69) is 35.4 Å². The van der Waals surface area contributed by atoms with E-state index in [9.17, 15) is 9.59 Å². The van der Waals surface area contributed by atoms with Crippen molar-refractivity contribution in [1.29, 1.82) is 0 Å². The highest BCUT2D eigenvalue weighted by Crippen LogP contribution is 2.33. The van der Waals surface area contributed by atoms with Gasteiger partial charge in [-0.2, -0.15) is 5.10 Å². The van der Waals surface area contributed by atoms with Crippen LogP contribution in [0.5, 0.6) is 0 Å². The fraction of sp³-hybridized carbons (Fsp3) is 0.333. The fourth-order valence-electron chi connectivity index (χ4n) is 4.61. The smallest absolute Gasteiger partial charge is 0.305 e. The fourth-order valence-corrected chi connectivity index (χ4v) is 4.61. The Labute approximate surface area is 217 Å². The first kappa shape index (κ1) is 26.1. The van der Waals surface area contributed by atoms with Crippen LogP contribution < -0.4 is 5.32 Å². The molecule has 0 fully saturated rings. The third-order valence-corrected chi connectivity index (χ3v) is 6.40. The van der Waals surface area contributed by atoms with Gasteiger partial charge in [-0.25, -0.2) is 4.52 Å². The van der Waals surface area contributed by atoms with E-state index in [4.69, 9.17) is 9.84 Å². The Morgan fingerprint density at radius 3 is 2.57 bits per heavy atom. The lowest BCUT2D eigenvalue weighted by molar-refractivity contribution is -0.143. The Balaban J connectivity index is 1.74. The molecule has 1 amide bonds. The number of hydrogen-bond acceptors (Lipinski definition) is 5. The maximum Gasteiger partial charge on any atom is 0.305 e. The average molecular weight is 499 g/mol. The van der Waals surface area contributed by atoms with Crippen molar-refractivity contribution in [2.24, 2.45) is 0 Å². The normalized spacial score (nSPS) is 11.0. The van der Waals surface area contributed by atoms with Crippen molar-refractivity contribution in [3.63, 3.8) is 0 Å². The van der Waals surface area contributed by atoms with Gasteiger partial charge in [0.2, 0.25) is 0 Å². The molecule has 7 nitrogen and oxygen atoms in total. The Morgan fingerprint density at radius 1 is 1.03 bits per heavy atom. The minimum atomic E-state index is -0.172. The molecule has 0 unspecified atom stereocenters. The molecule has 0 bridgehead atoms. The van der Waals surface area contributed by atoms with Crippen molar-refractivity contribution in [2.75, 3.05) is 6.61 Å². The van der Waals surface area contributed by atoms with E-state index in [1.54, 1.807) is 12.1 Å². The van der Waals surface area contributed by atoms with Gasteiger partial charge in [-0.15, -0.1) is 0 Å². The Morgan fingerprint density at radius 2 is 1.84 bits per heavy atom. The zero-order valence-electron chi connectivity index (χ0n) is 21.8. The number of unbranched alkanes of at least 4 members (excludes halogenated alkanes) is 1. The number of carbonyl (C=O) groups excluding carboxylic acids is 2. The molecule has 3 aromatic heterocycles. The number of ether oxygens (including phenoxy) is 1. The zero-order chi connectivity index (χ0) is 26.2. The van der Waals surface area contributed by atoms with Crippen LogP contribution in [0.4, 0.5) is 0 Å². The van der Waals surface area contributed by atoms with Crippen molar-refractivity contribution in [3.8, 4) is 11.1 Å². The molecule has 4 rings (SSSR count). The summed E-state index contributed by atoms with van der Waals surface area (Å²) in [4.78, 5) is 29.2. The topological polar surface area (TPSA) is 85.6 Å². The van der Waals surface area contributed by atoms with Crippen LogP contribution in [-0.2, 0) is 28.9 Å². The molecule has 1 N–H and O–H groups in total. The van der Waals surface area contributed by atoms with Gasteiger partial charge in [0, 0.05) is 41.2 Å². The maximum absolute atomic E-state index is 12.9. The van der Waals surface area contributed by atoms with Crippen molar-refractivity contribution >= 4 is 17.4 Å². The highest BCUT2D eigenvalue weighted by Gasteiger charge is 2.20. The molecule has 0 aliphatic carbocycles. The highest BCUT2D eigenvalue weighted by molar-refractivity contribution is 5.94. The van der Waals surface area contributed by atoms with Crippen molar-refractivity contribution < 1.29 is 14.3 Å². The predicted molar refractivity (Wildman–Crippen MR) is 144 cm³/mol. The van der Waals surface area contributed by atoms with Gasteiger partial charge in [-0.05, 0) is 81.0 Å². The van der Waals surface area contributed by atoms with E-state index in [0.717, 1.165) is 58.4 Å². The van der Waals surface area contributed by atoms with Crippen LogP contribution in [0.1, 0.15) is 66.0 Å². The first-order chi connectivity index (χ1) is 18.0. The van der Waals surface area contributed by atoms with Crippen LogP contribution in [0.2, 0.25) is 0 Å². The van der Waals surface area contributed by atoms with Crippen LogP contribution in [0.25, 0.3) is 16.6 Å². The van der Waals surface area contributed by atoms with E-state index in [-0.39, 0.29) is 11.9 Å². The van der Waals surface area contributed by atoms with Crippen LogP contribution >= 0.6 is 0 Å². The predicted octanol–water partition coefficient (Wildman–Crippen LogP) is 5.47. The number of esters is 1. The molecule has 7 heteroatoms. The molecule has 37 heavy (non-hydrogen) atoms. The Kier molecular flexibility index (Phi) is 8.67. The molecule has 192 valence electrons. The van der Waals surface area contributed by atoms with E-state index in [0.29, 0.717) is 31.6 Å². The number of amides is 1. The monoisotopic (exact) mass is 498 g/mol. The van der Waals surface area contributed by atoms with Gasteiger partial charge in [0.15, 0.2) is 0 Å². The van der Waals surface area contributed by atoms with E-state index in [1.807, 2.05) is 49.0 Å². The second-order valence-electron chi connectivity index (χ2n) is 9.09. The molecule has 3 heterocycles. The van der Waals surface area contributed by atoms with Gasteiger partial charge in [0.25, 0.3) is 5.91 Å². The van der Waals surface area contributed by atoms with E-state index < -0.39 is 0 Å². The SMILES string of the molecule is CCOC(=O)CCCCc1c(CNC(=O)c2ccccc2)nn2c(CC)ccc2c1-c1cncc(C)c1. The summed E-state index contributed by atoms with van der Waals surface area (Å²) >= 11 is 0. The number of aryl methyl sites for hydroxylation is 2. The minimum absolute atomic E-state index is 0.141. The summed E-state index contributed by atoms with van der Waals surface area (Å²) in [5.41, 5.74) is 7.77. The Bertz CT molecular complexity index is 1380. The average Bonchev–Trinajstić information content (AvgIpc) is 3.32. The molecule has 0 spiro atoms. The van der Waals surface area contributed by atoms with Gasteiger partial charge < -0.3 is 10.1 Å². The third-order valence-electron chi connectivity index (χ3n) is 6.40. The summed E-state index contributed by atoms with van der Waals surface area (Å²) in [6.07, 6.45) is 7.18. The van der Waals surface area contributed by atoms with Crippen molar-refractivity contribution in [3.05, 3.63) is 89.0 Å². The lowest BCUT2D eigenvalue weighted by Gasteiger charge is -2.18. The van der Waals surface area contributed by atoms with Crippen LogP contribution in [0.15, 0.2) is 60.9 Å². The first-order valence-electron chi connectivity index (χ1n) is 12.9. The minimum Gasteiger partial charge on any atom is -0.466 e. The lowest BCUT2D eigenvalue weighted by Crippen LogP contribution is -2.25. The summed E-state index contributed by atoms with van der Waals surface area (Å²) < 4.78 is 7.08. The zero-order valence-corrected chi connectivity index (χ0v) is 21.8. The number of carbonyl (C=O) groups is 2. The number of aromatic nitrogens is 3. The number of pyridine rings is 1. The maximum atomic E-state index is 12.9. The number of benzene rings is 1. The number of nitrogens with zero attached hydrogens (tertiary/aromatic N) is 3. The number of hydrogen-bond donors (Lipinski definition) is 1. The van der Waals surface area contributed by atoms with E-state index >= 15 is 0 Å². The quantitative estimate of drug-likeness (QED) is 0.219. The summed E-state index contributed by atoms with van der Waals surface area (Å²) in [6.45, 7) is 6.65. The second-order valence-corrected chi connectivity index (χ2v) is 9.09. The van der Waals surface area contributed by atoms with Crippen molar-refractivity contribution in [1.82, 2.24) is 19.9 Å². The summed E-state index contributed by atoms with van der Waals surface area (Å²) in [6, 6.07) is 15.5. The standard InChI is InChI=1S/C30H34N4O3/c1-4-24-15-16-27-29(23-17-21(3)18-31-19-23)25(13-9-10-14-28(35)37-5-2)26(33-34(24)27)20-32-30(36)22-11-7-6-8-12-22/h6-8,11-12,15-19H,4-5,9-10,13-14,20H2,1-3H3,(H,32,36). The molecule has 1 aromatic carbocycles. The first-order valence-corrected chi connectivity index (χ1v) is 12.9. The largest absolute Gasteiger partial charge is 0.466 e. The summed E-state index contributed by atoms with van der Waals surface area (Å²) in [7, 11) is 0. The molecule has 0 aliphatic rings. The molecular formula is C30H34N4O3. The molecule has 0 atom stereocenters. The molecule has 0 aliphatic heterocycles. The second kappa shape index (κ2) is 12.3. The van der Waals surface area contributed by atoms with Crippen LogP contribution in [-0.4, -0.2) is 33.1 Å². The molecule has 4 aromatic rings. The summed E-state index contributed by atoms with van der Waals surface area (Å²) in [5.74, 6) is -0.313. The van der Waals surface area contributed by atoms with E-state index in [1.165, 1.54) is 0 Å². The molecular weight excluding hydrogens is 464 g/mol.